The number of rotatable bonds is 6. The second-order valence-electron chi connectivity index (χ2n) is 6.42. The molecule has 3 N–H and O–H groups in total. The number of nitrogens with zero attached hydrogens (tertiary/aromatic N) is 1. The molecule has 2 aromatic rings. The molecular formula is C20H25N3O2. The van der Waals surface area contributed by atoms with Gasteiger partial charge in [0.2, 0.25) is 0 Å². The van der Waals surface area contributed by atoms with E-state index in [0.29, 0.717) is 6.54 Å². The average molecular weight is 339 g/mol. The van der Waals surface area contributed by atoms with Gasteiger partial charge in [-0.2, -0.15) is 0 Å². The molecule has 0 atom stereocenters. The second-order valence-corrected chi connectivity index (χ2v) is 6.42. The Morgan fingerprint density at radius 2 is 1.92 bits per heavy atom. The molecule has 1 fully saturated rings. The largest absolute Gasteiger partial charge is 0.508 e. The van der Waals surface area contributed by atoms with Gasteiger partial charge in [-0.25, -0.2) is 0 Å². The van der Waals surface area contributed by atoms with Gasteiger partial charge in [0.1, 0.15) is 11.5 Å². The van der Waals surface area contributed by atoms with Crippen LogP contribution in [0.3, 0.4) is 0 Å². The minimum Gasteiger partial charge on any atom is -0.508 e. The van der Waals surface area contributed by atoms with Crippen LogP contribution in [-0.4, -0.2) is 31.8 Å². The van der Waals surface area contributed by atoms with Crippen LogP contribution in [0.2, 0.25) is 0 Å². The molecule has 0 unspecified atom stereocenters. The summed E-state index contributed by atoms with van der Waals surface area (Å²) >= 11 is 0. The molecule has 25 heavy (non-hydrogen) atoms. The first kappa shape index (κ1) is 17.1. The highest BCUT2D eigenvalue weighted by Crippen LogP contribution is 2.47. The molecule has 5 nitrogen and oxygen atoms in total. The van der Waals surface area contributed by atoms with Crippen LogP contribution in [0.5, 0.6) is 11.5 Å². The van der Waals surface area contributed by atoms with Gasteiger partial charge in [-0.3, -0.25) is 4.99 Å². The van der Waals surface area contributed by atoms with E-state index in [1.165, 1.54) is 18.4 Å². The van der Waals surface area contributed by atoms with E-state index in [2.05, 4.69) is 39.9 Å². The van der Waals surface area contributed by atoms with Gasteiger partial charge in [0.15, 0.2) is 5.96 Å². The number of nitrogens with one attached hydrogen (secondary N) is 2. The Balaban J connectivity index is 1.57. The molecule has 3 rings (SSSR count). The number of hydrogen-bond acceptors (Lipinski definition) is 3. The highest BCUT2D eigenvalue weighted by Gasteiger charge is 2.43. The fraction of sp³-hybridized carbons (Fsp3) is 0.350. The summed E-state index contributed by atoms with van der Waals surface area (Å²) in [4.78, 5) is 4.28. The van der Waals surface area contributed by atoms with Crippen molar-refractivity contribution in [2.75, 3.05) is 20.7 Å². The number of guanidine groups is 1. The van der Waals surface area contributed by atoms with Crippen LogP contribution in [0.15, 0.2) is 53.5 Å². The van der Waals surface area contributed by atoms with Crippen LogP contribution in [-0.2, 0) is 12.0 Å². The van der Waals surface area contributed by atoms with Gasteiger partial charge in [0, 0.05) is 31.1 Å². The fourth-order valence-corrected chi connectivity index (χ4v) is 2.99. The van der Waals surface area contributed by atoms with Crippen molar-refractivity contribution in [3.63, 3.8) is 0 Å². The van der Waals surface area contributed by atoms with Gasteiger partial charge >= 0.3 is 0 Å². The van der Waals surface area contributed by atoms with E-state index in [-0.39, 0.29) is 11.2 Å². The van der Waals surface area contributed by atoms with Crippen molar-refractivity contribution in [1.82, 2.24) is 10.6 Å². The molecule has 0 saturated heterocycles. The molecular weight excluding hydrogens is 314 g/mol. The quantitative estimate of drug-likeness (QED) is 0.559. The van der Waals surface area contributed by atoms with E-state index >= 15 is 0 Å². The van der Waals surface area contributed by atoms with Gasteiger partial charge in [0.25, 0.3) is 0 Å². The first-order valence-electron chi connectivity index (χ1n) is 8.53. The van der Waals surface area contributed by atoms with Crippen LogP contribution in [0, 0.1) is 0 Å². The van der Waals surface area contributed by atoms with Crippen LogP contribution in [0.4, 0.5) is 0 Å². The highest BCUT2D eigenvalue weighted by atomic mass is 16.5. The number of phenolic OH excluding ortho intramolecular Hbond substituents is 1. The molecule has 0 aromatic heterocycles. The lowest BCUT2D eigenvalue weighted by atomic mass is 9.96. The third-order valence-electron chi connectivity index (χ3n) is 4.79. The van der Waals surface area contributed by atoms with Gasteiger partial charge in [-0.1, -0.05) is 30.3 Å². The van der Waals surface area contributed by atoms with Crippen molar-refractivity contribution in [2.45, 2.75) is 24.8 Å². The number of aromatic hydroxyl groups is 1. The van der Waals surface area contributed by atoms with E-state index in [4.69, 9.17) is 4.74 Å². The number of hydrogen-bond donors (Lipinski definition) is 3. The van der Waals surface area contributed by atoms with Gasteiger partial charge in [0.05, 0.1) is 7.11 Å². The van der Waals surface area contributed by atoms with Crippen molar-refractivity contribution in [3.8, 4) is 11.5 Å². The molecule has 0 spiro atoms. The zero-order valence-corrected chi connectivity index (χ0v) is 14.7. The molecule has 1 aliphatic rings. The molecule has 1 saturated carbocycles. The Bertz CT molecular complexity index is 740. The van der Waals surface area contributed by atoms with Crippen LogP contribution < -0.4 is 15.4 Å². The van der Waals surface area contributed by atoms with Gasteiger partial charge in [-0.15, -0.1) is 0 Å². The lowest BCUT2D eigenvalue weighted by Crippen LogP contribution is -2.40. The zero-order valence-electron chi connectivity index (χ0n) is 14.7. The van der Waals surface area contributed by atoms with Crippen LogP contribution in [0.1, 0.15) is 24.0 Å². The average Bonchev–Trinajstić information content (AvgIpc) is 3.45. The molecule has 1 aliphatic carbocycles. The SMILES string of the molecule is CN=C(NCc1cc(OC)ccc1O)NCC1(c2ccccc2)CC1. The molecule has 0 heterocycles. The van der Waals surface area contributed by atoms with E-state index in [9.17, 15) is 5.11 Å². The lowest BCUT2D eigenvalue weighted by molar-refractivity contribution is 0.410. The first-order chi connectivity index (χ1) is 12.2. The number of phenols is 1. The van der Waals surface area contributed by atoms with Gasteiger partial charge < -0.3 is 20.5 Å². The number of ether oxygens (including phenoxy) is 1. The lowest BCUT2D eigenvalue weighted by Gasteiger charge is -2.19. The summed E-state index contributed by atoms with van der Waals surface area (Å²) in [5, 5.41) is 16.6. The third kappa shape index (κ3) is 4.05. The minimum absolute atomic E-state index is 0.219. The van der Waals surface area contributed by atoms with Crippen molar-refractivity contribution in [2.24, 2.45) is 4.99 Å². The highest BCUT2D eigenvalue weighted by molar-refractivity contribution is 5.80. The van der Waals surface area contributed by atoms with Crippen LogP contribution in [0.25, 0.3) is 0 Å². The fourth-order valence-electron chi connectivity index (χ4n) is 2.99. The monoisotopic (exact) mass is 339 g/mol. The summed E-state index contributed by atoms with van der Waals surface area (Å²) in [7, 11) is 3.37. The molecule has 132 valence electrons. The summed E-state index contributed by atoms with van der Waals surface area (Å²) < 4.78 is 5.21. The van der Waals surface area contributed by atoms with E-state index < -0.39 is 0 Å². The Hall–Kier alpha value is -2.69. The van der Waals surface area contributed by atoms with E-state index in [1.807, 2.05) is 12.1 Å². The smallest absolute Gasteiger partial charge is 0.191 e. The molecule has 5 heteroatoms. The Morgan fingerprint density at radius 3 is 2.56 bits per heavy atom. The molecule has 0 aliphatic heterocycles. The Kier molecular flexibility index (Phi) is 5.12. The topological polar surface area (TPSA) is 65.9 Å². The summed E-state index contributed by atoms with van der Waals surface area (Å²) in [6.45, 7) is 1.32. The summed E-state index contributed by atoms with van der Waals surface area (Å²) in [5.41, 5.74) is 2.37. The predicted octanol–water partition coefficient (Wildman–Crippen LogP) is 2.80. The van der Waals surface area contributed by atoms with Crippen molar-refractivity contribution < 1.29 is 9.84 Å². The summed E-state index contributed by atoms with van der Waals surface area (Å²) in [6.07, 6.45) is 2.38. The second kappa shape index (κ2) is 7.47. The minimum atomic E-state index is 0.219. The van der Waals surface area contributed by atoms with E-state index in [0.717, 1.165) is 23.8 Å². The maximum absolute atomic E-state index is 9.98. The van der Waals surface area contributed by atoms with E-state index in [1.54, 1.807) is 26.3 Å². The van der Waals surface area contributed by atoms with Crippen LogP contribution >= 0.6 is 0 Å². The number of benzene rings is 2. The molecule has 2 aromatic carbocycles. The van der Waals surface area contributed by atoms with Crippen molar-refractivity contribution in [1.29, 1.82) is 0 Å². The Labute approximate surface area is 148 Å². The summed E-state index contributed by atoms with van der Waals surface area (Å²) in [6, 6.07) is 15.8. The predicted molar refractivity (Wildman–Crippen MR) is 100 cm³/mol. The molecule has 0 bridgehead atoms. The van der Waals surface area contributed by atoms with Crippen molar-refractivity contribution in [3.05, 3.63) is 59.7 Å². The Morgan fingerprint density at radius 1 is 1.16 bits per heavy atom. The first-order valence-corrected chi connectivity index (χ1v) is 8.53. The zero-order chi connectivity index (χ0) is 17.7. The number of methoxy groups -OCH3 is 1. The van der Waals surface area contributed by atoms with Gasteiger partial charge in [-0.05, 0) is 36.6 Å². The summed E-state index contributed by atoms with van der Waals surface area (Å²) in [5.74, 6) is 1.69. The number of aliphatic imine (C=N–C) groups is 1. The normalized spacial score (nSPS) is 15.5. The molecule has 0 radical (unpaired) electrons. The third-order valence-corrected chi connectivity index (χ3v) is 4.79. The maximum atomic E-state index is 9.98. The standard InChI is InChI=1S/C20H25N3O2/c1-21-19(22-13-15-12-17(25-2)8-9-18(15)24)23-14-20(10-11-20)16-6-4-3-5-7-16/h3-9,12,24H,10-11,13-14H2,1-2H3,(H2,21,22,23). The molecule has 0 amide bonds. The van der Waals surface area contributed by atoms with Crippen molar-refractivity contribution >= 4 is 5.96 Å². The maximum Gasteiger partial charge on any atom is 0.191 e.